The van der Waals surface area contributed by atoms with Crippen molar-refractivity contribution in [2.75, 3.05) is 20.3 Å². The number of sulfonamides is 1. The summed E-state index contributed by atoms with van der Waals surface area (Å²) in [5.41, 5.74) is 0.131. The van der Waals surface area contributed by atoms with Gasteiger partial charge in [0.15, 0.2) is 0 Å². The number of ether oxygens (including phenoxy) is 2. The lowest BCUT2D eigenvalue weighted by atomic mass is 10.2. The molecule has 122 valence electrons. The quantitative estimate of drug-likeness (QED) is 0.796. The van der Waals surface area contributed by atoms with Crippen LogP contribution in [0.15, 0.2) is 23.1 Å². The summed E-state index contributed by atoms with van der Waals surface area (Å²) in [5.74, 6) is -0.618. The van der Waals surface area contributed by atoms with Crippen LogP contribution in [0, 0.1) is 0 Å². The molecule has 1 aromatic carbocycles. The number of hydrogen-bond donors (Lipinski definition) is 1. The first-order valence-corrected chi connectivity index (χ1v) is 8.79. The zero-order valence-electron chi connectivity index (χ0n) is 12.2. The minimum absolute atomic E-state index is 0.0530. The molecule has 1 unspecified atom stereocenters. The van der Waals surface area contributed by atoms with Crippen molar-refractivity contribution < 1.29 is 22.7 Å². The molecule has 0 bridgehead atoms. The van der Waals surface area contributed by atoms with Gasteiger partial charge in [-0.25, -0.2) is 17.9 Å². The molecule has 0 saturated carbocycles. The topological polar surface area (TPSA) is 81.7 Å². The lowest BCUT2D eigenvalue weighted by molar-refractivity contribution is 0.0600. The lowest BCUT2D eigenvalue weighted by Gasteiger charge is -2.12. The molecule has 1 N–H and O–H groups in total. The third-order valence-corrected chi connectivity index (χ3v) is 5.37. The van der Waals surface area contributed by atoms with Gasteiger partial charge in [-0.15, -0.1) is 0 Å². The maximum Gasteiger partial charge on any atom is 0.337 e. The Morgan fingerprint density at radius 1 is 1.50 bits per heavy atom. The molecule has 1 atom stereocenters. The Morgan fingerprint density at radius 2 is 2.27 bits per heavy atom. The summed E-state index contributed by atoms with van der Waals surface area (Å²) in [6.45, 7) is 0.982. The van der Waals surface area contributed by atoms with Gasteiger partial charge in [0.2, 0.25) is 10.0 Å². The number of methoxy groups -OCH3 is 1. The number of benzene rings is 1. The van der Waals surface area contributed by atoms with Crippen molar-refractivity contribution in [3.8, 4) is 0 Å². The van der Waals surface area contributed by atoms with Gasteiger partial charge in [0.25, 0.3) is 0 Å². The van der Waals surface area contributed by atoms with Gasteiger partial charge < -0.3 is 9.47 Å². The Morgan fingerprint density at radius 3 is 2.91 bits per heavy atom. The Bertz CT molecular complexity index is 641. The minimum Gasteiger partial charge on any atom is -0.465 e. The molecule has 0 radical (unpaired) electrons. The monoisotopic (exact) mass is 347 g/mol. The first-order chi connectivity index (χ1) is 10.4. The van der Waals surface area contributed by atoms with E-state index >= 15 is 0 Å². The highest BCUT2D eigenvalue weighted by Gasteiger charge is 2.21. The SMILES string of the molecule is COC(=O)c1ccc(Cl)c(S(=O)(=O)NCCC2CCCO2)c1. The van der Waals surface area contributed by atoms with E-state index in [0.717, 1.165) is 19.4 Å². The summed E-state index contributed by atoms with van der Waals surface area (Å²) in [6, 6.07) is 3.99. The molecule has 1 aromatic rings. The Labute approximate surface area is 134 Å². The van der Waals surface area contributed by atoms with Crippen molar-refractivity contribution in [1.29, 1.82) is 0 Å². The van der Waals surface area contributed by atoms with E-state index in [4.69, 9.17) is 16.3 Å². The average Bonchev–Trinajstić information content (AvgIpc) is 3.00. The van der Waals surface area contributed by atoms with Crippen molar-refractivity contribution in [1.82, 2.24) is 4.72 Å². The molecule has 2 rings (SSSR count). The predicted octanol–water partition coefficient (Wildman–Crippen LogP) is 1.97. The van der Waals surface area contributed by atoms with Crippen LogP contribution in [0.3, 0.4) is 0 Å². The average molecular weight is 348 g/mol. The van der Waals surface area contributed by atoms with Crippen LogP contribution >= 0.6 is 11.6 Å². The van der Waals surface area contributed by atoms with E-state index in [1.807, 2.05) is 0 Å². The molecule has 1 saturated heterocycles. The highest BCUT2D eigenvalue weighted by Crippen LogP contribution is 2.23. The Kier molecular flexibility index (Phi) is 5.80. The first-order valence-electron chi connectivity index (χ1n) is 6.93. The number of halogens is 1. The Balaban J connectivity index is 2.08. The first kappa shape index (κ1) is 17.2. The lowest BCUT2D eigenvalue weighted by Crippen LogP contribution is -2.27. The molecule has 1 heterocycles. The molecular weight excluding hydrogens is 330 g/mol. The van der Waals surface area contributed by atoms with E-state index in [0.29, 0.717) is 6.42 Å². The van der Waals surface area contributed by atoms with E-state index in [1.54, 1.807) is 0 Å². The summed E-state index contributed by atoms with van der Waals surface area (Å²) < 4.78 is 37.1. The van der Waals surface area contributed by atoms with Gasteiger partial charge in [-0.05, 0) is 37.5 Å². The second kappa shape index (κ2) is 7.41. The van der Waals surface area contributed by atoms with Gasteiger partial charge >= 0.3 is 5.97 Å². The van der Waals surface area contributed by atoms with Crippen molar-refractivity contribution >= 4 is 27.6 Å². The fourth-order valence-electron chi connectivity index (χ4n) is 2.26. The minimum atomic E-state index is -3.79. The predicted molar refractivity (Wildman–Crippen MR) is 81.6 cm³/mol. The van der Waals surface area contributed by atoms with Gasteiger partial charge in [-0.2, -0.15) is 0 Å². The van der Waals surface area contributed by atoms with Crippen LogP contribution in [-0.4, -0.2) is 40.8 Å². The highest BCUT2D eigenvalue weighted by molar-refractivity contribution is 7.89. The van der Waals surface area contributed by atoms with Gasteiger partial charge in [0, 0.05) is 13.2 Å². The number of carbonyl (C=O) groups excluding carboxylic acids is 1. The number of hydrogen-bond acceptors (Lipinski definition) is 5. The smallest absolute Gasteiger partial charge is 0.337 e. The second-order valence-corrected chi connectivity index (χ2v) is 7.10. The summed E-state index contributed by atoms with van der Waals surface area (Å²) in [6.07, 6.45) is 2.65. The largest absolute Gasteiger partial charge is 0.465 e. The van der Waals surface area contributed by atoms with Crippen LogP contribution in [0.25, 0.3) is 0 Å². The summed E-state index contributed by atoms with van der Waals surface area (Å²) in [7, 11) is -2.57. The van der Waals surface area contributed by atoms with Crippen LogP contribution in [0.1, 0.15) is 29.6 Å². The van der Waals surface area contributed by atoms with Crippen molar-refractivity contribution in [2.45, 2.75) is 30.3 Å². The zero-order chi connectivity index (χ0) is 16.2. The molecule has 1 fully saturated rings. The molecule has 0 aromatic heterocycles. The maximum atomic E-state index is 12.3. The fourth-order valence-corrected chi connectivity index (χ4v) is 3.83. The van der Waals surface area contributed by atoms with Gasteiger partial charge in [0.1, 0.15) is 4.90 Å². The molecule has 6 nitrogen and oxygen atoms in total. The van der Waals surface area contributed by atoms with Crippen molar-refractivity contribution in [3.63, 3.8) is 0 Å². The van der Waals surface area contributed by atoms with E-state index in [9.17, 15) is 13.2 Å². The van der Waals surface area contributed by atoms with Crippen LogP contribution in [-0.2, 0) is 19.5 Å². The standard InChI is InChI=1S/C14H18ClNO5S/c1-20-14(17)10-4-5-12(15)13(9-10)22(18,19)16-7-6-11-3-2-8-21-11/h4-5,9,11,16H,2-3,6-8H2,1H3. The van der Waals surface area contributed by atoms with Crippen molar-refractivity contribution in [3.05, 3.63) is 28.8 Å². The van der Waals surface area contributed by atoms with Crippen LogP contribution in [0.5, 0.6) is 0 Å². The van der Waals surface area contributed by atoms with Crippen LogP contribution in [0.2, 0.25) is 5.02 Å². The molecular formula is C14H18ClNO5S. The molecule has 0 spiro atoms. The third-order valence-electron chi connectivity index (χ3n) is 3.42. The number of rotatable bonds is 6. The van der Waals surface area contributed by atoms with Gasteiger partial charge in [0.05, 0.1) is 23.8 Å². The summed E-state index contributed by atoms with van der Waals surface area (Å²) in [4.78, 5) is 11.4. The number of carbonyl (C=O) groups is 1. The Hall–Kier alpha value is -1.15. The molecule has 22 heavy (non-hydrogen) atoms. The van der Waals surface area contributed by atoms with E-state index < -0.39 is 16.0 Å². The number of nitrogens with one attached hydrogen (secondary N) is 1. The summed E-state index contributed by atoms with van der Waals surface area (Å²) >= 11 is 5.94. The van der Waals surface area contributed by atoms with Gasteiger partial charge in [-0.3, -0.25) is 0 Å². The third kappa shape index (κ3) is 4.19. The second-order valence-electron chi connectivity index (χ2n) is 4.96. The van der Waals surface area contributed by atoms with Gasteiger partial charge in [-0.1, -0.05) is 11.6 Å². The maximum absolute atomic E-state index is 12.3. The van der Waals surface area contributed by atoms with E-state index in [1.165, 1.54) is 25.3 Å². The molecule has 8 heteroatoms. The molecule has 1 aliphatic heterocycles. The van der Waals surface area contributed by atoms with E-state index in [2.05, 4.69) is 9.46 Å². The van der Waals surface area contributed by atoms with Crippen molar-refractivity contribution in [2.24, 2.45) is 0 Å². The van der Waals surface area contributed by atoms with Crippen LogP contribution < -0.4 is 4.72 Å². The van der Waals surface area contributed by atoms with E-state index in [-0.39, 0.29) is 28.1 Å². The zero-order valence-corrected chi connectivity index (χ0v) is 13.7. The molecule has 0 aliphatic carbocycles. The van der Waals surface area contributed by atoms with Crippen LogP contribution in [0.4, 0.5) is 0 Å². The highest BCUT2D eigenvalue weighted by atomic mass is 35.5. The molecule has 1 aliphatic rings. The number of esters is 1. The normalized spacial score (nSPS) is 18.4. The summed E-state index contributed by atoms with van der Waals surface area (Å²) in [5, 5.41) is 0.0530. The molecule has 0 amide bonds. The fraction of sp³-hybridized carbons (Fsp3) is 0.500.